The molecule has 1 fully saturated rings. The second-order valence-corrected chi connectivity index (χ2v) is 5.72. The van der Waals surface area contributed by atoms with Crippen molar-refractivity contribution in [3.8, 4) is 11.5 Å². The number of aliphatic hydroxyl groups is 1. The lowest BCUT2D eigenvalue weighted by Crippen LogP contribution is -2.44. The van der Waals surface area contributed by atoms with Crippen molar-refractivity contribution in [3.63, 3.8) is 0 Å². The van der Waals surface area contributed by atoms with Crippen molar-refractivity contribution < 1.29 is 14.6 Å². The lowest BCUT2D eigenvalue weighted by molar-refractivity contribution is 0.0805. The Morgan fingerprint density at radius 2 is 2.10 bits per heavy atom. The molecule has 0 aromatic heterocycles. The number of fused-ring (bicyclic) bond motifs is 1. The number of methoxy groups -OCH3 is 1. The first kappa shape index (κ1) is 13.7. The lowest BCUT2D eigenvalue weighted by atomic mass is 9.90. The fourth-order valence-electron chi connectivity index (χ4n) is 3.24. The molecular weight excluding hydrogens is 254 g/mol. The largest absolute Gasteiger partial charge is 0.497 e. The SMILES string of the molecule is COc1ccc2c(c1)C(NC1CCCCC1O)CCO2. The minimum absolute atomic E-state index is 0.200. The van der Waals surface area contributed by atoms with E-state index >= 15 is 0 Å². The summed E-state index contributed by atoms with van der Waals surface area (Å²) in [5.74, 6) is 1.78. The molecule has 1 aromatic carbocycles. The Hall–Kier alpha value is -1.26. The van der Waals surface area contributed by atoms with Crippen LogP contribution in [0.3, 0.4) is 0 Å². The predicted octanol–water partition coefficient (Wildman–Crippen LogP) is 2.41. The molecular formula is C16H23NO3. The molecule has 1 aromatic rings. The van der Waals surface area contributed by atoms with Crippen molar-refractivity contribution in [2.24, 2.45) is 0 Å². The summed E-state index contributed by atoms with van der Waals surface area (Å²) in [5.41, 5.74) is 1.15. The Bertz CT molecular complexity index is 463. The Balaban J connectivity index is 1.78. The fourth-order valence-corrected chi connectivity index (χ4v) is 3.24. The predicted molar refractivity (Wildman–Crippen MR) is 77.2 cm³/mol. The maximum atomic E-state index is 10.1. The standard InChI is InChI=1S/C16H23NO3/c1-19-11-6-7-16-12(10-11)13(8-9-20-16)17-14-4-2-3-5-15(14)18/h6-7,10,13-15,17-18H,2-5,8-9H2,1H3. The van der Waals surface area contributed by atoms with Crippen LogP contribution in [0.2, 0.25) is 0 Å². The van der Waals surface area contributed by atoms with Gasteiger partial charge in [0.15, 0.2) is 0 Å². The summed E-state index contributed by atoms with van der Waals surface area (Å²) >= 11 is 0. The second-order valence-electron chi connectivity index (χ2n) is 5.72. The maximum absolute atomic E-state index is 10.1. The summed E-state index contributed by atoms with van der Waals surface area (Å²) < 4.78 is 11.0. The molecule has 1 aliphatic heterocycles. The van der Waals surface area contributed by atoms with Crippen LogP contribution in [0.15, 0.2) is 18.2 Å². The Labute approximate surface area is 120 Å². The Morgan fingerprint density at radius 1 is 1.25 bits per heavy atom. The van der Waals surface area contributed by atoms with E-state index in [9.17, 15) is 5.11 Å². The molecule has 0 saturated heterocycles. The van der Waals surface area contributed by atoms with Gasteiger partial charge in [0, 0.05) is 24.1 Å². The van der Waals surface area contributed by atoms with Crippen molar-refractivity contribution >= 4 is 0 Å². The van der Waals surface area contributed by atoms with Gasteiger partial charge in [-0.15, -0.1) is 0 Å². The van der Waals surface area contributed by atoms with Gasteiger partial charge in [-0.05, 0) is 31.0 Å². The zero-order chi connectivity index (χ0) is 13.9. The van der Waals surface area contributed by atoms with E-state index in [1.54, 1.807) is 7.11 Å². The molecule has 20 heavy (non-hydrogen) atoms. The third-order valence-corrected chi connectivity index (χ3v) is 4.40. The van der Waals surface area contributed by atoms with Gasteiger partial charge in [0.1, 0.15) is 11.5 Å². The van der Waals surface area contributed by atoms with Crippen LogP contribution >= 0.6 is 0 Å². The van der Waals surface area contributed by atoms with Crippen LogP contribution in [0.5, 0.6) is 11.5 Å². The first-order valence-corrected chi connectivity index (χ1v) is 7.53. The Morgan fingerprint density at radius 3 is 2.90 bits per heavy atom. The number of rotatable bonds is 3. The molecule has 1 aliphatic carbocycles. The number of hydrogen-bond acceptors (Lipinski definition) is 4. The summed E-state index contributed by atoms with van der Waals surface area (Å²) in [5, 5.41) is 13.8. The van der Waals surface area contributed by atoms with Crippen LogP contribution in [0.4, 0.5) is 0 Å². The van der Waals surface area contributed by atoms with E-state index < -0.39 is 0 Å². The molecule has 1 saturated carbocycles. The van der Waals surface area contributed by atoms with Crippen molar-refractivity contribution in [1.82, 2.24) is 5.32 Å². The molecule has 4 nitrogen and oxygen atoms in total. The van der Waals surface area contributed by atoms with E-state index in [-0.39, 0.29) is 18.2 Å². The third-order valence-electron chi connectivity index (χ3n) is 4.40. The molecule has 1 heterocycles. The normalized spacial score (nSPS) is 29.4. The van der Waals surface area contributed by atoms with Gasteiger partial charge in [0.05, 0.1) is 19.8 Å². The van der Waals surface area contributed by atoms with Crippen molar-refractivity contribution in [1.29, 1.82) is 0 Å². The molecule has 2 aliphatic rings. The minimum atomic E-state index is -0.222. The highest BCUT2D eigenvalue weighted by molar-refractivity contribution is 5.43. The highest BCUT2D eigenvalue weighted by Crippen LogP contribution is 2.35. The summed E-state index contributed by atoms with van der Waals surface area (Å²) in [6.07, 6.45) is 5.01. The Kier molecular flexibility index (Phi) is 4.13. The van der Waals surface area contributed by atoms with Crippen LogP contribution in [-0.4, -0.2) is 31.0 Å². The molecule has 0 spiro atoms. The highest BCUT2D eigenvalue weighted by Gasteiger charge is 2.29. The smallest absolute Gasteiger partial charge is 0.124 e. The van der Waals surface area contributed by atoms with Gasteiger partial charge in [0.25, 0.3) is 0 Å². The van der Waals surface area contributed by atoms with Crippen LogP contribution in [0, 0.1) is 0 Å². The van der Waals surface area contributed by atoms with Gasteiger partial charge >= 0.3 is 0 Å². The van der Waals surface area contributed by atoms with Gasteiger partial charge < -0.3 is 19.9 Å². The van der Waals surface area contributed by atoms with Gasteiger partial charge in [-0.2, -0.15) is 0 Å². The highest BCUT2D eigenvalue weighted by atomic mass is 16.5. The quantitative estimate of drug-likeness (QED) is 0.891. The molecule has 3 atom stereocenters. The molecule has 0 bridgehead atoms. The van der Waals surface area contributed by atoms with Gasteiger partial charge in [0.2, 0.25) is 0 Å². The van der Waals surface area contributed by atoms with Crippen LogP contribution in [0.1, 0.15) is 43.7 Å². The van der Waals surface area contributed by atoms with Crippen LogP contribution in [0.25, 0.3) is 0 Å². The van der Waals surface area contributed by atoms with Crippen LogP contribution < -0.4 is 14.8 Å². The second kappa shape index (κ2) is 6.02. The van der Waals surface area contributed by atoms with Crippen LogP contribution in [-0.2, 0) is 0 Å². The lowest BCUT2D eigenvalue weighted by Gasteiger charge is -2.35. The molecule has 3 rings (SSSR count). The van der Waals surface area contributed by atoms with E-state index in [1.165, 1.54) is 6.42 Å². The molecule has 110 valence electrons. The van der Waals surface area contributed by atoms with E-state index in [2.05, 4.69) is 5.32 Å². The average Bonchev–Trinajstić information content (AvgIpc) is 2.49. The summed E-state index contributed by atoms with van der Waals surface area (Å²) in [6, 6.07) is 6.38. The zero-order valence-electron chi connectivity index (χ0n) is 12.0. The van der Waals surface area contributed by atoms with E-state index in [0.29, 0.717) is 0 Å². The number of benzene rings is 1. The topological polar surface area (TPSA) is 50.7 Å². The number of nitrogens with one attached hydrogen (secondary N) is 1. The van der Waals surface area contributed by atoms with Crippen molar-refractivity contribution in [3.05, 3.63) is 23.8 Å². The van der Waals surface area contributed by atoms with E-state index in [0.717, 1.165) is 49.4 Å². The first-order valence-electron chi connectivity index (χ1n) is 7.53. The number of aliphatic hydroxyl groups excluding tert-OH is 1. The monoisotopic (exact) mass is 277 g/mol. The van der Waals surface area contributed by atoms with Gasteiger partial charge in [-0.25, -0.2) is 0 Å². The fraction of sp³-hybridized carbons (Fsp3) is 0.625. The number of hydrogen-bond donors (Lipinski definition) is 2. The molecule has 2 N–H and O–H groups in total. The number of ether oxygens (including phenoxy) is 2. The molecule has 4 heteroatoms. The average molecular weight is 277 g/mol. The van der Waals surface area contributed by atoms with E-state index in [1.807, 2.05) is 18.2 Å². The first-order chi connectivity index (χ1) is 9.78. The summed E-state index contributed by atoms with van der Waals surface area (Å²) in [7, 11) is 1.68. The summed E-state index contributed by atoms with van der Waals surface area (Å²) in [4.78, 5) is 0. The van der Waals surface area contributed by atoms with Crippen molar-refractivity contribution in [2.75, 3.05) is 13.7 Å². The third kappa shape index (κ3) is 2.76. The summed E-state index contributed by atoms with van der Waals surface area (Å²) in [6.45, 7) is 0.722. The van der Waals surface area contributed by atoms with Gasteiger partial charge in [-0.1, -0.05) is 12.8 Å². The molecule has 0 amide bonds. The molecule has 0 radical (unpaired) electrons. The molecule has 3 unspecified atom stereocenters. The zero-order valence-corrected chi connectivity index (χ0v) is 12.0. The van der Waals surface area contributed by atoms with Crippen molar-refractivity contribution in [2.45, 2.75) is 50.3 Å². The van der Waals surface area contributed by atoms with Gasteiger partial charge in [-0.3, -0.25) is 0 Å². The van der Waals surface area contributed by atoms with E-state index in [4.69, 9.17) is 9.47 Å². The maximum Gasteiger partial charge on any atom is 0.124 e. The minimum Gasteiger partial charge on any atom is -0.497 e.